The molecule has 1 heterocycles. The first-order valence-corrected chi connectivity index (χ1v) is 7.40. The van der Waals surface area contributed by atoms with Gasteiger partial charge >= 0.3 is 0 Å². The summed E-state index contributed by atoms with van der Waals surface area (Å²) in [6.07, 6.45) is 3.63. The second-order valence-electron chi connectivity index (χ2n) is 4.08. The average Bonchev–Trinajstić information content (AvgIpc) is 3.14. The molecule has 0 saturated heterocycles. The number of hydrogen-bond acceptors (Lipinski definition) is 4. The van der Waals surface area contributed by atoms with Crippen molar-refractivity contribution in [3.8, 4) is 0 Å². The van der Waals surface area contributed by atoms with Gasteiger partial charge in [0.2, 0.25) is 0 Å². The van der Waals surface area contributed by atoms with Crippen molar-refractivity contribution in [1.82, 2.24) is 10.5 Å². The molecule has 0 atom stereocenters. The van der Waals surface area contributed by atoms with Gasteiger partial charge in [-0.05, 0) is 11.6 Å². The van der Waals surface area contributed by atoms with E-state index in [-0.39, 0.29) is 11.4 Å². The van der Waals surface area contributed by atoms with E-state index >= 15 is 0 Å². The Morgan fingerprint density at radius 2 is 2.35 bits per heavy atom. The molecule has 2 rings (SSSR count). The smallest absolute Gasteiger partial charge is 0.276 e. The molecule has 0 unspecified atom stereocenters. The third kappa shape index (κ3) is 2.80. The number of anilines is 1. The van der Waals surface area contributed by atoms with E-state index in [1.165, 1.54) is 24.5 Å². The summed E-state index contributed by atoms with van der Waals surface area (Å²) in [5, 5.41) is 8.41. The molecule has 1 fully saturated rings. The molecule has 1 amide bonds. The molecule has 0 aliphatic heterocycles. The predicted molar refractivity (Wildman–Crippen MR) is 61.7 cm³/mol. The number of halogens is 1. The van der Waals surface area contributed by atoms with E-state index in [1.54, 1.807) is 0 Å². The lowest BCUT2D eigenvalue weighted by atomic mass is 10.2. The molecule has 17 heavy (non-hydrogen) atoms. The number of aromatic nitrogens is 1. The van der Waals surface area contributed by atoms with E-state index in [0.29, 0.717) is 5.54 Å². The Morgan fingerprint density at radius 3 is 2.88 bits per heavy atom. The van der Waals surface area contributed by atoms with Crippen LogP contribution in [-0.4, -0.2) is 25.1 Å². The number of hydrogen-bond donors (Lipinski definition) is 3. The molecule has 0 bridgehead atoms. The van der Waals surface area contributed by atoms with Gasteiger partial charge in [0.1, 0.15) is 0 Å². The van der Waals surface area contributed by atoms with Gasteiger partial charge in [-0.1, -0.05) is 19.4 Å². The molecule has 1 aliphatic carbocycles. The fraction of sp³-hybridized carbons (Fsp3) is 0.400. The van der Waals surface area contributed by atoms with Crippen LogP contribution >= 0.6 is 0 Å². The molecule has 1 radical (unpaired) electrons. The zero-order valence-corrected chi connectivity index (χ0v) is 10.3. The van der Waals surface area contributed by atoms with Gasteiger partial charge in [0.15, 0.2) is 20.6 Å². The molecule has 0 aromatic carbocycles. The van der Waals surface area contributed by atoms with Gasteiger partial charge in [0, 0.05) is 6.20 Å². The van der Waals surface area contributed by atoms with Gasteiger partial charge < -0.3 is 4.98 Å². The van der Waals surface area contributed by atoms with Crippen molar-refractivity contribution in [3.63, 3.8) is 0 Å². The van der Waals surface area contributed by atoms with Crippen molar-refractivity contribution in [2.75, 3.05) is 4.98 Å². The van der Waals surface area contributed by atoms with E-state index < -0.39 is 20.7 Å². The minimum absolute atomic E-state index is 0.00755. The summed E-state index contributed by atoms with van der Waals surface area (Å²) >= 11 is 0. The van der Waals surface area contributed by atoms with Crippen LogP contribution in [0, 0.1) is 5.82 Å². The van der Waals surface area contributed by atoms with Crippen LogP contribution in [0.25, 0.3) is 0 Å². The van der Waals surface area contributed by atoms with Gasteiger partial charge in [-0.25, -0.2) is 14.9 Å². The van der Waals surface area contributed by atoms with Crippen molar-refractivity contribution in [1.29, 1.82) is 0 Å². The highest BCUT2D eigenvalue weighted by Crippen LogP contribution is 2.39. The van der Waals surface area contributed by atoms with Gasteiger partial charge in [-0.15, -0.1) is 0 Å². The highest BCUT2D eigenvalue weighted by atomic mass is 28.3. The van der Waals surface area contributed by atoms with Crippen molar-refractivity contribution in [2.45, 2.75) is 24.9 Å². The number of nitrogens with one attached hydrogen (secondary N) is 2. The number of hydroxylamine groups is 1. The predicted octanol–water partition coefficient (Wildman–Crippen LogP) is 1.54. The van der Waals surface area contributed by atoms with Crippen molar-refractivity contribution < 1.29 is 14.4 Å². The molecule has 1 saturated carbocycles. The van der Waals surface area contributed by atoms with E-state index in [0.717, 1.165) is 6.07 Å². The quantitative estimate of drug-likeness (QED) is 0.433. The largest absolute Gasteiger partial charge is 0.393 e. The Labute approximate surface area is 99.7 Å². The van der Waals surface area contributed by atoms with Crippen LogP contribution in [0.5, 0.6) is 0 Å². The fourth-order valence-electron chi connectivity index (χ4n) is 1.52. The summed E-state index contributed by atoms with van der Waals surface area (Å²) in [4.78, 5) is 18.0. The molecule has 0 spiro atoms. The third-order valence-corrected chi connectivity index (χ3v) is 5.14. The number of carbonyl (C=O) groups is 1. The number of amides is 1. The normalized spacial score (nSPS) is 14.8. The highest BCUT2D eigenvalue weighted by molar-refractivity contribution is 6.63. The van der Waals surface area contributed by atoms with Gasteiger partial charge in [-0.3, -0.25) is 10.0 Å². The third-order valence-electron chi connectivity index (χ3n) is 2.71. The molecule has 91 valence electrons. The average molecular weight is 254 g/mol. The molecule has 3 N–H and O–H groups in total. The maximum Gasteiger partial charge on any atom is 0.276 e. The number of carbonyl (C=O) groups excluding carboxylic acids is 1. The zero-order valence-electron chi connectivity index (χ0n) is 9.33. The van der Waals surface area contributed by atoms with Crippen LogP contribution in [0.2, 0.25) is 12.1 Å². The molecular formula is C10H13FN3O2Si. The first kappa shape index (κ1) is 12.0. The van der Waals surface area contributed by atoms with Crippen LogP contribution in [0.3, 0.4) is 0 Å². The zero-order chi connectivity index (χ0) is 12.4. The number of pyridine rings is 1. The van der Waals surface area contributed by atoms with E-state index in [4.69, 9.17) is 5.21 Å². The lowest BCUT2D eigenvalue weighted by Gasteiger charge is -2.12. The van der Waals surface area contributed by atoms with Crippen LogP contribution in [0.15, 0.2) is 12.3 Å². The first-order chi connectivity index (χ1) is 8.11. The minimum atomic E-state index is -0.810. The summed E-state index contributed by atoms with van der Waals surface area (Å²) in [7, 11) is -0.810. The van der Waals surface area contributed by atoms with E-state index in [1.807, 2.05) is 0 Å². The van der Waals surface area contributed by atoms with E-state index in [9.17, 15) is 9.18 Å². The Morgan fingerprint density at radius 1 is 1.65 bits per heavy atom. The highest BCUT2D eigenvalue weighted by Gasteiger charge is 2.30. The van der Waals surface area contributed by atoms with Crippen molar-refractivity contribution in [3.05, 3.63) is 23.6 Å². The van der Waals surface area contributed by atoms with Gasteiger partial charge in [0.25, 0.3) is 5.91 Å². The van der Waals surface area contributed by atoms with Gasteiger partial charge in [-0.2, -0.15) is 0 Å². The summed E-state index contributed by atoms with van der Waals surface area (Å²) in [6, 6.07) is 1.06. The van der Waals surface area contributed by atoms with Crippen LogP contribution < -0.4 is 10.5 Å². The Kier molecular flexibility index (Phi) is 3.39. The Hall–Kier alpha value is -1.47. The minimum Gasteiger partial charge on any atom is -0.393 e. The van der Waals surface area contributed by atoms with Crippen LogP contribution in [-0.2, 0) is 0 Å². The molecule has 1 aromatic rings. The molecule has 7 heteroatoms. The number of rotatable bonds is 4. The molecule has 1 aliphatic rings. The molecule has 1 aromatic heterocycles. The standard InChI is InChI=1S/C10H13FN3O2Si/c1-17(7-2-3-7)14-9-8(11)4-6(5-12-9)10(15)13-16/h4-5,7,16H,2-3H2,1H3,(H,12,14)(H,13,15). The van der Waals surface area contributed by atoms with Crippen molar-refractivity contribution >= 4 is 20.7 Å². The second kappa shape index (κ2) is 4.80. The number of nitrogens with zero attached hydrogens (tertiary/aromatic N) is 1. The summed E-state index contributed by atoms with van der Waals surface area (Å²) in [5.41, 5.74) is 2.11. The monoisotopic (exact) mass is 254 g/mol. The Bertz CT molecular complexity index is 440. The maximum atomic E-state index is 13.6. The van der Waals surface area contributed by atoms with Crippen molar-refractivity contribution in [2.24, 2.45) is 0 Å². The lowest BCUT2D eigenvalue weighted by Crippen LogP contribution is -2.23. The van der Waals surface area contributed by atoms with Crippen LogP contribution in [0.1, 0.15) is 23.2 Å². The van der Waals surface area contributed by atoms with Gasteiger partial charge in [0.05, 0.1) is 5.56 Å². The summed E-state index contributed by atoms with van der Waals surface area (Å²) < 4.78 is 13.6. The summed E-state index contributed by atoms with van der Waals surface area (Å²) in [6.45, 7) is 2.08. The molecule has 5 nitrogen and oxygen atoms in total. The summed E-state index contributed by atoms with van der Waals surface area (Å²) in [5.74, 6) is -1.16. The first-order valence-electron chi connectivity index (χ1n) is 5.32. The SMILES string of the molecule is C[Si](Nc1ncc(C(=O)NO)cc1F)C1CC1. The van der Waals surface area contributed by atoms with E-state index in [2.05, 4.69) is 16.5 Å². The second-order valence-corrected chi connectivity index (χ2v) is 6.51. The van der Waals surface area contributed by atoms with Crippen LogP contribution in [0.4, 0.5) is 10.2 Å². The fourth-order valence-corrected chi connectivity index (χ4v) is 3.32. The maximum absolute atomic E-state index is 13.6. The molecular weight excluding hydrogens is 241 g/mol. The topological polar surface area (TPSA) is 74.2 Å². The Balaban J connectivity index is 2.10. The lowest BCUT2D eigenvalue weighted by molar-refractivity contribution is 0.0705.